The number of likely N-dealkylation sites (tertiary alicyclic amines) is 1. The number of likely N-dealkylation sites (N-methyl/N-ethyl adjacent to an activating group) is 1. The van der Waals surface area contributed by atoms with E-state index in [9.17, 15) is 0 Å². The van der Waals surface area contributed by atoms with Gasteiger partial charge in [0.2, 0.25) is 0 Å². The molecule has 0 aliphatic carbocycles. The van der Waals surface area contributed by atoms with Crippen LogP contribution in [0.3, 0.4) is 0 Å². The van der Waals surface area contributed by atoms with Crippen LogP contribution < -0.4 is 0 Å². The number of nitriles is 1. The van der Waals surface area contributed by atoms with Crippen LogP contribution in [0.4, 0.5) is 0 Å². The molecule has 3 heteroatoms. The second-order valence-electron chi connectivity index (χ2n) is 5.33. The average Bonchev–Trinajstić information content (AvgIpc) is 2.45. The molecule has 3 nitrogen and oxygen atoms in total. The SMILES string of the molecule is COC1CN(C)CC[C@@H]1c1cccc(CCC#N)c1. The third-order valence-electron chi connectivity index (χ3n) is 3.97. The normalized spacial score (nSPS) is 24.1. The first-order valence-electron chi connectivity index (χ1n) is 6.91. The maximum atomic E-state index is 8.68. The molecule has 102 valence electrons. The zero-order valence-corrected chi connectivity index (χ0v) is 11.8. The van der Waals surface area contributed by atoms with E-state index in [2.05, 4.69) is 42.3 Å². The maximum Gasteiger partial charge on any atom is 0.0766 e. The van der Waals surface area contributed by atoms with E-state index < -0.39 is 0 Å². The van der Waals surface area contributed by atoms with E-state index in [-0.39, 0.29) is 6.10 Å². The van der Waals surface area contributed by atoms with E-state index in [1.165, 1.54) is 11.1 Å². The van der Waals surface area contributed by atoms with Crippen molar-refractivity contribution in [2.75, 3.05) is 27.2 Å². The summed E-state index contributed by atoms with van der Waals surface area (Å²) in [5, 5.41) is 8.68. The van der Waals surface area contributed by atoms with Gasteiger partial charge in [0, 0.05) is 26.0 Å². The molecule has 2 rings (SSSR count). The summed E-state index contributed by atoms with van der Waals surface area (Å²) in [6.45, 7) is 2.11. The number of rotatable bonds is 4. The molecule has 0 radical (unpaired) electrons. The largest absolute Gasteiger partial charge is 0.379 e. The van der Waals surface area contributed by atoms with Gasteiger partial charge in [0.15, 0.2) is 0 Å². The van der Waals surface area contributed by atoms with Crippen LogP contribution >= 0.6 is 0 Å². The van der Waals surface area contributed by atoms with Crippen LogP contribution in [-0.4, -0.2) is 38.3 Å². The lowest BCUT2D eigenvalue weighted by atomic mass is 9.86. The first kappa shape index (κ1) is 14.0. The Balaban J connectivity index is 2.13. The van der Waals surface area contributed by atoms with Crippen LogP contribution in [0.25, 0.3) is 0 Å². The van der Waals surface area contributed by atoms with E-state index in [0.29, 0.717) is 12.3 Å². The fraction of sp³-hybridized carbons (Fsp3) is 0.562. The lowest BCUT2D eigenvalue weighted by Crippen LogP contribution is -2.41. The molecule has 1 aliphatic heterocycles. The van der Waals surface area contributed by atoms with Gasteiger partial charge in [-0.15, -0.1) is 0 Å². The fourth-order valence-corrected chi connectivity index (χ4v) is 2.87. The fourth-order valence-electron chi connectivity index (χ4n) is 2.87. The molecule has 1 heterocycles. The number of benzene rings is 1. The molecular weight excluding hydrogens is 236 g/mol. The summed E-state index contributed by atoms with van der Waals surface area (Å²) in [4.78, 5) is 2.32. The highest BCUT2D eigenvalue weighted by Crippen LogP contribution is 2.30. The molecule has 1 aromatic rings. The monoisotopic (exact) mass is 258 g/mol. The van der Waals surface area contributed by atoms with Gasteiger partial charge in [-0.3, -0.25) is 0 Å². The number of aryl methyl sites for hydroxylation is 1. The molecule has 0 N–H and O–H groups in total. The van der Waals surface area contributed by atoms with Crippen molar-refractivity contribution in [1.82, 2.24) is 4.90 Å². The highest BCUT2D eigenvalue weighted by atomic mass is 16.5. The Morgan fingerprint density at radius 2 is 2.32 bits per heavy atom. The molecule has 1 fully saturated rings. The summed E-state index contributed by atoms with van der Waals surface area (Å²) in [6, 6.07) is 10.9. The predicted octanol–water partition coefficient (Wildman–Crippen LogP) is 2.58. The molecule has 1 unspecified atom stereocenters. The zero-order chi connectivity index (χ0) is 13.7. The summed E-state index contributed by atoms with van der Waals surface area (Å²) in [7, 11) is 3.95. The molecule has 2 atom stereocenters. The van der Waals surface area contributed by atoms with Crippen LogP contribution in [-0.2, 0) is 11.2 Å². The van der Waals surface area contributed by atoms with Crippen LogP contribution in [0.1, 0.15) is 29.9 Å². The highest BCUT2D eigenvalue weighted by molar-refractivity contribution is 5.28. The van der Waals surface area contributed by atoms with Crippen molar-refractivity contribution < 1.29 is 4.74 Å². The van der Waals surface area contributed by atoms with Crippen LogP contribution in [0, 0.1) is 11.3 Å². The van der Waals surface area contributed by atoms with Crippen LogP contribution in [0.15, 0.2) is 24.3 Å². The zero-order valence-electron chi connectivity index (χ0n) is 11.8. The quantitative estimate of drug-likeness (QED) is 0.833. The Hall–Kier alpha value is -1.37. The number of nitrogens with zero attached hydrogens (tertiary/aromatic N) is 2. The van der Waals surface area contributed by atoms with Gasteiger partial charge < -0.3 is 9.64 Å². The number of hydrogen-bond acceptors (Lipinski definition) is 3. The van der Waals surface area contributed by atoms with Crippen LogP contribution in [0.2, 0.25) is 0 Å². The van der Waals surface area contributed by atoms with Gasteiger partial charge in [0.1, 0.15) is 0 Å². The number of piperidine rings is 1. The number of methoxy groups -OCH3 is 1. The molecule has 0 saturated carbocycles. The van der Waals surface area contributed by atoms with Gasteiger partial charge in [-0.1, -0.05) is 24.3 Å². The topological polar surface area (TPSA) is 36.3 Å². The van der Waals surface area contributed by atoms with Crippen molar-refractivity contribution in [2.45, 2.75) is 31.3 Å². The molecule has 1 saturated heterocycles. The van der Waals surface area contributed by atoms with E-state index in [1.54, 1.807) is 7.11 Å². The molecule has 0 amide bonds. The molecule has 0 bridgehead atoms. The lowest BCUT2D eigenvalue weighted by Gasteiger charge is -2.36. The molecule has 1 aliphatic rings. The van der Waals surface area contributed by atoms with Crippen molar-refractivity contribution in [3.63, 3.8) is 0 Å². The smallest absolute Gasteiger partial charge is 0.0766 e. The first-order chi connectivity index (χ1) is 9.24. The standard InChI is InChI=1S/C16H22N2O/c1-18-10-8-15(16(12-18)19-2)14-7-3-5-13(11-14)6-4-9-17/h3,5,7,11,15-16H,4,6,8,10,12H2,1-2H3/t15-,16?/m1/s1. The highest BCUT2D eigenvalue weighted by Gasteiger charge is 2.28. The Morgan fingerprint density at radius 1 is 1.47 bits per heavy atom. The Bertz CT molecular complexity index is 452. The molecule has 1 aromatic carbocycles. The maximum absolute atomic E-state index is 8.68. The van der Waals surface area contributed by atoms with Crippen molar-refractivity contribution in [1.29, 1.82) is 5.26 Å². The minimum atomic E-state index is 0.268. The second kappa shape index (κ2) is 6.70. The summed E-state index contributed by atoms with van der Waals surface area (Å²) >= 11 is 0. The Labute approximate surface area is 115 Å². The summed E-state index contributed by atoms with van der Waals surface area (Å²) in [6.07, 6.45) is 2.83. The van der Waals surface area contributed by atoms with Gasteiger partial charge in [0.25, 0.3) is 0 Å². The van der Waals surface area contributed by atoms with Crippen molar-refractivity contribution in [3.05, 3.63) is 35.4 Å². The second-order valence-corrected chi connectivity index (χ2v) is 5.33. The van der Waals surface area contributed by atoms with E-state index in [1.807, 2.05) is 0 Å². The van der Waals surface area contributed by atoms with Crippen molar-refractivity contribution in [3.8, 4) is 6.07 Å². The summed E-state index contributed by atoms with van der Waals surface area (Å²) < 4.78 is 5.66. The van der Waals surface area contributed by atoms with E-state index in [0.717, 1.165) is 25.9 Å². The lowest BCUT2D eigenvalue weighted by molar-refractivity contribution is 0.0233. The summed E-state index contributed by atoms with van der Waals surface area (Å²) in [5.41, 5.74) is 2.61. The average molecular weight is 258 g/mol. The number of ether oxygens (including phenoxy) is 1. The number of hydrogen-bond donors (Lipinski definition) is 0. The predicted molar refractivity (Wildman–Crippen MR) is 76.0 cm³/mol. The van der Waals surface area contributed by atoms with Gasteiger partial charge >= 0.3 is 0 Å². The van der Waals surface area contributed by atoms with Gasteiger partial charge in [-0.05, 0) is 37.6 Å². The molecular formula is C16H22N2O. The van der Waals surface area contributed by atoms with Gasteiger partial charge in [0.05, 0.1) is 12.2 Å². The molecule has 0 spiro atoms. The van der Waals surface area contributed by atoms with Crippen molar-refractivity contribution in [2.24, 2.45) is 0 Å². The van der Waals surface area contributed by atoms with Gasteiger partial charge in [-0.25, -0.2) is 0 Å². The van der Waals surface area contributed by atoms with E-state index in [4.69, 9.17) is 10.00 Å². The van der Waals surface area contributed by atoms with E-state index >= 15 is 0 Å². The Kier molecular flexibility index (Phi) is 4.95. The van der Waals surface area contributed by atoms with Gasteiger partial charge in [-0.2, -0.15) is 5.26 Å². The minimum Gasteiger partial charge on any atom is -0.379 e. The van der Waals surface area contributed by atoms with Crippen LogP contribution in [0.5, 0.6) is 0 Å². The van der Waals surface area contributed by atoms with Crippen molar-refractivity contribution >= 4 is 0 Å². The molecule has 0 aromatic heterocycles. The minimum absolute atomic E-state index is 0.268. The molecule has 19 heavy (non-hydrogen) atoms. The summed E-state index contributed by atoms with van der Waals surface area (Å²) in [5.74, 6) is 0.475. The third-order valence-corrected chi connectivity index (χ3v) is 3.97. The Morgan fingerprint density at radius 3 is 3.05 bits per heavy atom. The third kappa shape index (κ3) is 3.56. The first-order valence-corrected chi connectivity index (χ1v) is 6.91.